The molecule has 29 heavy (non-hydrogen) atoms. The maximum Gasteiger partial charge on any atom is 0.0921 e. The highest BCUT2D eigenvalue weighted by molar-refractivity contribution is 6.43. The molecule has 4 nitrogen and oxygen atoms in total. The van der Waals surface area contributed by atoms with Crippen molar-refractivity contribution >= 4 is 23.2 Å². The molecule has 4 aromatic rings. The first-order chi connectivity index (χ1) is 14.2. The van der Waals surface area contributed by atoms with Crippen LogP contribution in [-0.4, -0.2) is 20.1 Å². The molecule has 0 aliphatic carbocycles. The maximum absolute atomic E-state index is 11.5. The monoisotopic (exact) mass is 421 g/mol. The minimum absolute atomic E-state index is 0.377. The van der Waals surface area contributed by atoms with Crippen LogP contribution in [-0.2, 0) is 0 Å². The fourth-order valence-electron chi connectivity index (χ4n) is 3.42. The van der Waals surface area contributed by atoms with Crippen molar-refractivity contribution in [2.45, 2.75) is 12.0 Å². The molecule has 0 fully saturated rings. The normalized spacial score (nSPS) is 12.1. The quantitative estimate of drug-likeness (QED) is 0.448. The fraction of sp³-hybridized carbons (Fsp3) is 0.0870. The van der Waals surface area contributed by atoms with E-state index >= 15 is 0 Å². The molecular weight excluding hydrogens is 405 g/mol. The third kappa shape index (κ3) is 4.01. The molecule has 6 heteroatoms. The molecule has 0 bridgehead atoms. The lowest BCUT2D eigenvalue weighted by Crippen LogP contribution is -2.14. The third-order valence-electron chi connectivity index (χ3n) is 4.77. The van der Waals surface area contributed by atoms with E-state index in [1.807, 2.05) is 42.5 Å². The number of hydrogen-bond donors (Lipinski definition) is 1. The van der Waals surface area contributed by atoms with Crippen molar-refractivity contribution in [3.8, 4) is 11.3 Å². The van der Waals surface area contributed by atoms with Gasteiger partial charge in [0.15, 0.2) is 0 Å². The van der Waals surface area contributed by atoms with Crippen LogP contribution in [0.25, 0.3) is 11.3 Å². The van der Waals surface area contributed by atoms with Crippen molar-refractivity contribution in [1.82, 2.24) is 15.0 Å². The Kier molecular flexibility index (Phi) is 5.86. The summed E-state index contributed by atoms with van der Waals surface area (Å²) < 4.78 is 0. The summed E-state index contributed by atoms with van der Waals surface area (Å²) in [5, 5.41) is 12.4. The number of aliphatic hydroxyl groups excluding tert-OH is 1. The van der Waals surface area contributed by atoms with Gasteiger partial charge in [0.1, 0.15) is 0 Å². The lowest BCUT2D eigenvalue weighted by molar-refractivity contribution is 0.159. The van der Waals surface area contributed by atoms with Gasteiger partial charge in [0, 0.05) is 48.0 Å². The lowest BCUT2D eigenvalue weighted by Gasteiger charge is -2.25. The van der Waals surface area contributed by atoms with Crippen molar-refractivity contribution in [2.24, 2.45) is 0 Å². The summed E-state index contributed by atoms with van der Waals surface area (Å²) in [5.74, 6) is -0.377. The van der Waals surface area contributed by atoms with Crippen molar-refractivity contribution in [3.05, 3.63) is 112 Å². The molecule has 1 unspecified atom stereocenters. The van der Waals surface area contributed by atoms with E-state index in [1.54, 1.807) is 43.1 Å². The van der Waals surface area contributed by atoms with Gasteiger partial charge in [-0.15, -0.1) is 0 Å². The smallest absolute Gasteiger partial charge is 0.0921 e. The number of rotatable bonds is 5. The highest BCUT2D eigenvalue weighted by atomic mass is 35.5. The van der Waals surface area contributed by atoms with Crippen LogP contribution in [0.4, 0.5) is 0 Å². The largest absolute Gasteiger partial charge is 0.387 e. The van der Waals surface area contributed by atoms with Crippen LogP contribution in [0.2, 0.25) is 10.0 Å². The number of pyridine rings is 3. The summed E-state index contributed by atoms with van der Waals surface area (Å²) in [5.41, 5.74) is 3.66. The van der Waals surface area contributed by atoms with Gasteiger partial charge in [-0.05, 0) is 35.4 Å². The highest BCUT2D eigenvalue weighted by Gasteiger charge is 2.28. The van der Waals surface area contributed by atoms with E-state index in [9.17, 15) is 5.11 Å². The Morgan fingerprint density at radius 1 is 0.759 bits per heavy atom. The fourth-order valence-corrected chi connectivity index (χ4v) is 3.81. The van der Waals surface area contributed by atoms with E-state index in [0.717, 1.165) is 11.1 Å². The standard InChI is InChI=1S/C23H17Cl2N3O/c24-19-9-1-7-17(21(19)25)22-18(8-4-12-28-22)23(29)20(15-5-2-10-26-13-15)16-6-3-11-27-14-16/h1-14,20,23,29H. The van der Waals surface area contributed by atoms with Gasteiger partial charge in [-0.25, -0.2) is 0 Å². The molecule has 1 N–H and O–H groups in total. The Balaban J connectivity index is 1.86. The van der Waals surface area contributed by atoms with Crippen LogP contribution in [0.15, 0.2) is 85.6 Å². The van der Waals surface area contributed by atoms with Crippen LogP contribution in [0.1, 0.15) is 28.7 Å². The average Bonchev–Trinajstić information content (AvgIpc) is 2.77. The zero-order valence-corrected chi connectivity index (χ0v) is 16.8. The Hall–Kier alpha value is -2.79. The Bertz CT molecular complexity index is 1070. The predicted octanol–water partition coefficient (Wildman–Crippen LogP) is 5.71. The van der Waals surface area contributed by atoms with Gasteiger partial charge in [-0.3, -0.25) is 15.0 Å². The summed E-state index contributed by atoms with van der Waals surface area (Å²) >= 11 is 12.7. The third-order valence-corrected chi connectivity index (χ3v) is 5.59. The number of halogens is 2. The van der Waals surface area contributed by atoms with Crippen LogP contribution in [0.3, 0.4) is 0 Å². The molecule has 3 aromatic heterocycles. The molecule has 0 saturated carbocycles. The number of nitrogens with zero attached hydrogens (tertiary/aromatic N) is 3. The molecule has 0 amide bonds. The molecular formula is C23H17Cl2N3O. The van der Waals surface area contributed by atoms with Crippen LogP contribution >= 0.6 is 23.2 Å². The first kappa shape index (κ1) is 19.5. The number of benzene rings is 1. The second-order valence-corrected chi connectivity index (χ2v) is 7.32. The van der Waals surface area contributed by atoms with Gasteiger partial charge < -0.3 is 5.11 Å². The van der Waals surface area contributed by atoms with Gasteiger partial charge >= 0.3 is 0 Å². The second kappa shape index (κ2) is 8.70. The molecule has 144 valence electrons. The van der Waals surface area contributed by atoms with Crippen molar-refractivity contribution < 1.29 is 5.11 Å². The van der Waals surface area contributed by atoms with E-state index in [0.29, 0.717) is 26.9 Å². The number of aromatic nitrogens is 3. The average molecular weight is 422 g/mol. The van der Waals surface area contributed by atoms with E-state index in [-0.39, 0.29) is 5.92 Å². The number of hydrogen-bond acceptors (Lipinski definition) is 4. The minimum Gasteiger partial charge on any atom is -0.387 e. The predicted molar refractivity (Wildman–Crippen MR) is 115 cm³/mol. The molecule has 1 atom stereocenters. The molecule has 4 rings (SSSR count). The highest BCUT2D eigenvalue weighted by Crippen LogP contribution is 2.41. The lowest BCUT2D eigenvalue weighted by atomic mass is 9.84. The molecule has 0 saturated heterocycles. The van der Waals surface area contributed by atoms with Gasteiger partial charge in [-0.2, -0.15) is 0 Å². The van der Waals surface area contributed by atoms with Crippen molar-refractivity contribution in [3.63, 3.8) is 0 Å². The Morgan fingerprint density at radius 3 is 2.03 bits per heavy atom. The summed E-state index contributed by atoms with van der Waals surface area (Å²) in [4.78, 5) is 13.0. The van der Waals surface area contributed by atoms with Crippen LogP contribution in [0.5, 0.6) is 0 Å². The molecule has 0 aliphatic heterocycles. The van der Waals surface area contributed by atoms with E-state index in [1.165, 1.54) is 0 Å². The SMILES string of the molecule is OC(c1cccnc1-c1cccc(Cl)c1Cl)C(c1cccnc1)c1cccnc1. The maximum atomic E-state index is 11.5. The van der Waals surface area contributed by atoms with E-state index in [4.69, 9.17) is 23.2 Å². The van der Waals surface area contributed by atoms with Crippen molar-refractivity contribution in [1.29, 1.82) is 0 Å². The summed E-state index contributed by atoms with van der Waals surface area (Å²) in [6.07, 6.45) is 7.69. The zero-order valence-electron chi connectivity index (χ0n) is 15.3. The summed E-state index contributed by atoms with van der Waals surface area (Å²) in [7, 11) is 0. The van der Waals surface area contributed by atoms with Gasteiger partial charge in [0.25, 0.3) is 0 Å². The zero-order chi connectivity index (χ0) is 20.2. The van der Waals surface area contributed by atoms with Gasteiger partial charge in [-0.1, -0.05) is 53.5 Å². The molecule has 3 heterocycles. The van der Waals surface area contributed by atoms with Crippen LogP contribution in [0, 0.1) is 0 Å². The number of aliphatic hydroxyl groups is 1. The second-order valence-electron chi connectivity index (χ2n) is 6.54. The molecule has 1 aromatic carbocycles. The first-order valence-electron chi connectivity index (χ1n) is 9.04. The van der Waals surface area contributed by atoms with Gasteiger partial charge in [0.05, 0.1) is 21.8 Å². The van der Waals surface area contributed by atoms with Gasteiger partial charge in [0.2, 0.25) is 0 Å². The van der Waals surface area contributed by atoms with E-state index in [2.05, 4.69) is 15.0 Å². The molecule has 0 spiro atoms. The molecule has 0 radical (unpaired) electrons. The van der Waals surface area contributed by atoms with Crippen molar-refractivity contribution in [2.75, 3.05) is 0 Å². The Labute approximate surface area is 178 Å². The summed E-state index contributed by atoms with van der Waals surface area (Å²) in [6, 6.07) is 16.6. The topological polar surface area (TPSA) is 58.9 Å². The minimum atomic E-state index is -0.901. The molecule has 0 aliphatic rings. The van der Waals surface area contributed by atoms with E-state index < -0.39 is 6.10 Å². The summed E-state index contributed by atoms with van der Waals surface area (Å²) in [6.45, 7) is 0. The van der Waals surface area contributed by atoms with Crippen LogP contribution < -0.4 is 0 Å². The Morgan fingerprint density at radius 2 is 1.41 bits per heavy atom. The first-order valence-corrected chi connectivity index (χ1v) is 9.79.